The van der Waals surface area contributed by atoms with Gasteiger partial charge in [0.15, 0.2) is 0 Å². The van der Waals surface area contributed by atoms with E-state index in [1.807, 2.05) is 60.7 Å². The number of benzene rings is 1. The third-order valence-electron chi connectivity index (χ3n) is 1.89. The van der Waals surface area contributed by atoms with E-state index in [0.29, 0.717) is 9.72 Å². The summed E-state index contributed by atoms with van der Waals surface area (Å²) in [4.78, 5) is 4.14. The van der Waals surface area contributed by atoms with Crippen molar-refractivity contribution in [3.05, 3.63) is 28.2 Å². The highest BCUT2D eigenvalue weighted by Crippen LogP contribution is 2.20. The van der Waals surface area contributed by atoms with Gasteiger partial charge in [-0.25, -0.2) is 0 Å². The largest absolute Gasteiger partial charge is 0.491 e. The van der Waals surface area contributed by atoms with Gasteiger partial charge in [0, 0.05) is 28.2 Å². The minimum Gasteiger partial charge on any atom is -0.491 e. The molecule has 0 amide bonds. The zero-order chi connectivity index (χ0) is 11.5. The van der Waals surface area contributed by atoms with Gasteiger partial charge in [-0.2, -0.15) is 4.98 Å². The average molecular weight is 330 g/mol. The molecule has 0 N–H and O–H groups in total. The van der Waals surface area contributed by atoms with Crippen molar-refractivity contribution >= 4 is 22.6 Å². The van der Waals surface area contributed by atoms with Crippen molar-refractivity contribution in [3.63, 3.8) is 0 Å². The third kappa shape index (κ3) is 2.72. The molecule has 0 aliphatic heterocycles. The molecule has 2 aromatic rings. The summed E-state index contributed by atoms with van der Waals surface area (Å²) < 4.78 is 11.0. The number of ether oxygens (including phenoxy) is 1. The molecule has 1 heterocycles. The van der Waals surface area contributed by atoms with Crippen LogP contribution in [0.3, 0.4) is 0 Å². The predicted octanol–water partition coefficient (Wildman–Crippen LogP) is 3.13. The molecule has 4 nitrogen and oxygen atoms in total. The van der Waals surface area contributed by atoms with Crippen LogP contribution < -0.4 is 4.74 Å². The number of hydrogen-bond acceptors (Lipinski definition) is 4. The summed E-state index contributed by atoms with van der Waals surface area (Å²) >= 11 is 1.99. The lowest BCUT2D eigenvalue weighted by Gasteiger charge is -2.09. The van der Waals surface area contributed by atoms with E-state index < -0.39 is 0 Å². The summed E-state index contributed by atoms with van der Waals surface area (Å²) in [6, 6.07) is 7.63. The summed E-state index contributed by atoms with van der Waals surface area (Å²) in [5.41, 5.74) is 0.919. The van der Waals surface area contributed by atoms with Gasteiger partial charge in [-0.1, -0.05) is 5.16 Å². The smallest absolute Gasteiger partial charge is 0.287 e. The van der Waals surface area contributed by atoms with E-state index in [-0.39, 0.29) is 6.10 Å². The lowest BCUT2D eigenvalue weighted by molar-refractivity contribution is 0.242. The van der Waals surface area contributed by atoms with Crippen LogP contribution in [0.1, 0.15) is 13.8 Å². The third-order valence-corrected chi connectivity index (χ3v) is 2.32. The highest BCUT2D eigenvalue weighted by molar-refractivity contribution is 14.1. The summed E-state index contributed by atoms with van der Waals surface area (Å²) in [5, 5.41) is 3.84. The fourth-order valence-corrected chi connectivity index (χ4v) is 1.60. The second kappa shape index (κ2) is 4.82. The SMILES string of the molecule is CC(C)Oc1ccc(-c2noc(I)n2)cc1. The molecule has 0 saturated carbocycles. The van der Waals surface area contributed by atoms with Gasteiger partial charge < -0.3 is 9.26 Å². The Morgan fingerprint density at radius 1 is 1.25 bits per heavy atom. The standard InChI is InChI=1S/C11H11IN2O2/c1-7(2)15-9-5-3-8(4-6-9)10-13-11(12)16-14-10/h3-7H,1-2H3. The van der Waals surface area contributed by atoms with Crippen molar-refractivity contribution in [2.45, 2.75) is 20.0 Å². The van der Waals surface area contributed by atoms with Gasteiger partial charge in [0.25, 0.3) is 3.90 Å². The van der Waals surface area contributed by atoms with E-state index >= 15 is 0 Å². The van der Waals surface area contributed by atoms with Crippen LogP contribution in [-0.4, -0.2) is 16.2 Å². The van der Waals surface area contributed by atoms with E-state index in [2.05, 4.69) is 10.1 Å². The van der Waals surface area contributed by atoms with Gasteiger partial charge in [0.05, 0.1) is 6.10 Å². The summed E-state index contributed by atoms with van der Waals surface area (Å²) in [6.07, 6.45) is 0.178. The molecule has 0 atom stereocenters. The van der Waals surface area contributed by atoms with Crippen molar-refractivity contribution in [3.8, 4) is 17.1 Å². The number of halogens is 1. The number of nitrogens with zero attached hydrogens (tertiary/aromatic N) is 2. The lowest BCUT2D eigenvalue weighted by atomic mass is 10.2. The zero-order valence-electron chi connectivity index (χ0n) is 8.98. The van der Waals surface area contributed by atoms with Crippen LogP contribution in [0.4, 0.5) is 0 Å². The minimum absolute atomic E-state index is 0.178. The van der Waals surface area contributed by atoms with Crippen molar-refractivity contribution in [2.24, 2.45) is 0 Å². The van der Waals surface area contributed by atoms with Crippen molar-refractivity contribution in [2.75, 3.05) is 0 Å². The first-order chi connectivity index (χ1) is 7.65. The van der Waals surface area contributed by atoms with Gasteiger partial charge in [0.2, 0.25) is 5.82 Å². The Labute approximate surface area is 107 Å². The first kappa shape index (κ1) is 11.4. The quantitative estimate of drug-likeness (QED) is 0.812. The molecule has 1 aromatic carbocycles. The van der Waals surface area contributed by atoms with E-state index in [9.17, 15) is 0 Å². The predicted molar refractivity (Wildman–Crippen MR) is 68.2 cm³/mol. The monoisotopic (exact) mass is 330 g/mol. The number of rotatable bonds is 3. The maximum Gasteiger partial charge on any atom is 0.287 e. The molecule has 0 aliphatic rings. The summed E-state index contributed by atoms with van der Waals surface area (Å²) in [6.45, 7) is 3.99. The molecule has 84 valence electrons. The Morgan fingerprint density at radius 2 is 1.94 bits per heavy atom. The van der Waals surface area contributed by atoms with Crippen LogP contribution in [0, 0.1) is 3.90 Å². The van der Waals surface area contributed by atoms with Gasteiger partial charge in [-0.05, 0) is 38.1 Å². The molecule has 0 bridgehead atoms. The molecule has 0 aliphatic carbocycles. The van der Waals surface area contributed by atoms with Gasteiger partial charge in [-0.3, -0.25) is 0 Å². The van der Waals surface area contributed by atoms with Gasteiger partial charge in [0.1, 0.15) is 5.75 Å². The molecule has 5 heteroatoms. The van der Waals surface area contributed by atoms with Crippen LogP contribution >= 0.6 is 22.6 Å². The molecule has 1 aromatic heterocycles. The molecule has 0 spiro atoms. The summed E-state index contributed by atoms with van der Waals surface area (Å²) in [5.74, 6) is 1.44. The van der Waals surface area contributed by atoms with Crippen molar-refractivity contribution in [1.82, 2.24) is 10.1 Å². The molecule has 0 radical (unpaired) electrons. The van der Waals surface area contributed by atoms with Crippen LogP contribution in [0.5, 0.6) is 5.75 Å². The second-order valence-corrected chi connectivity index (χ2v) is 4.48. The van der Waals surface area contributed by atoms with Crippen molar-refractivity contribution in [1.29, 1.82) is 0 Å². The topological polar surface area (TPSA) is 48.2 Å². The van der Waals surface area contributed by atoms with Crippen LogP contribution in [0.25, 0.3) is 11.4 Å². The fourth-order valence-electron chi connectivity index (χ4n) is 1.28. The Bertz CT molecular complexity index is 465. The van der Waals surface area contributed by atoms with Gasteiger partial charge >= 0.3 is 0 Å². The van der Waals surface area contributed by atoms with Crippen LogP contribution in [0.2, 0.25) is 0 Å². The Morgan fingerprint density at radius 3 is 2.44 bits per heavy atom. The molecule has 2 rings (SSSR count). The van der Waals surface area contributed by atoms with E-state index in [1.165, 1.54) is 0 Å². The van der Waals surface area contributed by atoms with Crippen molar-refractivity contribution < 1.29 is 9.26 Å². The van der Waals surface area contributed by atoms with Crippen LogP contribution in [0.15, 0.2) is 28.8 Å². The second-order valence-electron chi connectivity index (χ2n) is 3.56. The lowest BCUT2D eigenvalue weighted by Crippen LogP contribution is -2.05. The highest BCUT2D eigenvalue weighted by atomic mass is 127. The minimum atomic E-state index is 0.178. The average Bonchev–Trinajstić information content (AvgIpc) is 2.65. The molecule has 0 unspecified atom stereocenters. The molecular formula is C11H11IN2O2. The number of aromatic nitrogens is 2. The first-order valence-electron chi connectivity index (χ1n) is 4.91. The maximum atomic E-state index is 5.54. The van der Waals surface area contributed by atoms with E-state index in [0.717, 1.165) is 11.3 Å². The maximum absolute atomic E-state index is 5.54. The Kier molecular flexibility index (Phi) is 3.42. The highest BCUT2D eigenvalue weighted by Gasteiger charge is 2.06. The number of hydrogen-bond donors (Lipinski definition) is 0. The Hall–Kier alpha value is -1.11. The molecule has 0 fully saturated rings. The van der Waals surface area contributed by atoms with Gasteiger partial charge in [-0.15, -0.1) is 0 Å². The van der Waals surface area contributed by atoms with E-state index in [1.54, 1.807) is 0 Å². The zero-order valence-corrected chi connectivity index (χ0v) is 11.1. The van der Waals surface area contributed by atoms with Crippen LogP contribution in [-0.2, 0) is 0 Å². The Balaban J connectivity index is 2.19. The fraction of sp³-hybridized carbons (Fsp3) is 0.273. The molecular weight excluding hydrogens is 319 g/mol. The molecule has 16 heavy (non-hydrogen) atoms. The van der Waals surface area contributed by atoms with E-state index in [4.69, 9.17) is 9.26 Å². The normalized spacial score (nSPS) is 10.8. The first-order valence-corrected chi connectivity index (χ1v) is 5.99. The summed E-state index contributed by atoms with van der Waals surface area (Å²) in [7, 11) is 0. The molecule has 0 saturated heterocycles.